The lowest BCUT2D eigenvalue weighted by Crippen LogP contribution is -2.32. The van der Waals surface area contributed by atoms with E-state index in [1.54, 1.807) is 4.90 Å². The van der Waals surface area contributed by atoms with Gasteiger partial charge in [-0.25, -0.2) is 9.37 Å². The fraction of sp³-hybridized carbons (Fsp3) is 0.211. The van der Waals surface area contributed by atoms with Crippen LogP contribution >= 0.6 is 0 Å². The Hall–Kier alpha value is -3.62. The number of rotatable bonds is 3. The first kappa shape index (κ1) is 16.5. The van der Waals surface area contributed by atoms with E-state index in [0.29, 0.717) is 12.2 Å². The summed E-state index contributed by atoms with van der Waals surface area (Å²) in [6.45, 7) is 0.576. The van der Waals surface area contributed by atoms with Crippen LogP contribution in [0.3, 0.4) is 0 Å². The van der Waals surface area contributed by atoms with E-state index in [4.69, 9.17) is 0 Å². The number of H-pyrrole nitrogens is 1. The number of aromatic amines is 1. The van der Waals surface area contributed by atoms with Crippen LogP contribution in [0.25, 0.3) is 16.7 Å². The summed E-state index contributed by atoms with van der Waals surface area (Å²) in [4.78, 5) is 23.0. The van der Waals surface area contributed by atoms with E-state index in [2.05, 4.69) is 25.5 Å². The molecule has 0 radical (unpaired) electrons. The van der Waals surface area contributed by atoms with Gasteiger partial charge >= 0.3 is 0 Å². The SMILES string of the molecule is O=C(c1cc(F)ccc1-n1cnnn1)N1CCC[C@@H]1c1nc2ccccc2[nH]1. The van der Waals surface area contributed by atoms with Crippen LogP contribution in [0.2, 0.25) is 0 Å². The van der Waals surface area contributed by atoms with Crippen molar-refractivity contribution < 1.29 is 9.18 Å². The Labute approximate surface area is 159 Å². The van der Waals surface area contributed by atoms with Gasteiger partial charge in [0.05, 0.1) is 28.3 Å². The van der Waals surface area contributed by atoms with Crippen LogP contribution in [-0.2, 0) is 0 Å². The molecule has 3 heterocycles. The number of fused-ring (bicyclic) bond motifs is 1. The van der Waals surface area contributed by atoms with Crippen LogP contribution < -0.4 is 0 Å². The van der Waals surface area contributed by atoms with Crippen molar-refractivity contribution in [3.63, 3.8) is 0 Å². The molecular formula is C19H16FN7O. The zero-order chi connectivity index (χ0) is 19.1. The van der Waals surface area contributed by atoms with Gasteiger partial charge in [0.25, 0.3) is 5.91 Å². The first-order valence-electron chi connectivity index (χ1n) is 8.99. The number of hydrogen-bond acceptors (Lipinski definition) is 5. The monoisotopic (exact) mass is 377 g/mol. The standard InChI is InChI=1S/C19H16FN7O/c20-12-7-8-16(27-11-21-24-25-27)13(10-12)19(28)26-9-3-6-17(26)18-22-14-4-1-2-5-15(14)23-18/h1-2,4-5,7-8,10-11,17H,3,6,9H2,(H,22,23)/t17-/m1/s1. The smallest absolute Gasteiger partial charge is 0.256 e. The van der Waals surface area contributed by atoms with Crippen molar-refractivity contribution in [2.75, 3.05) is 6.54 Å². The molecule has 0 bridgehead atoms. The molecule has 2 aromatic heterocycles. The van der Waals surface area contributed by atoms with Gasteiger partial charge in [0.2, 0.25) is 0 Å². The minimum absolute atomic E-state index is 0.190. The second-order valence-corrected chi connectivity index (χ2v) is 6.71. The number of likely N-dealkylation sites (tertiary alicyclic amines) is 1. The van der Waals surface area contributed by atoms with Gasteiger partial charge in [-0.15, -0.1) is 5.10 Å². The predicted molar refractivity (Wildman–Crippen MR) is 98.2 cm³/mol. The molecule has 1 saturated heterocycles. The number of nitrogens with one attached hydrogen (secondary N) is 1. The summed E-state index contributed by atoms with van der Waals surface area (Å²) in [7, 11) is 0. The lowest BCUT2D eigenvalue weighted by atomic mass is 10.1. The maximum absolute atomic E-state index is 13.9. The summed E-state index contributed by atoms with van der Waals surface area (Å²) in [6.07, 6.45) is 3.02. The molecule has 8 nitrogen and oxygen atoms in total. The summed E-state index contributed by atoms with van der Waals surface area (Å²) in [5.74, 6) is -0.0139. The molecule has 5 rings (SSSR count). The van der Waals surface area contributed by atoms with Crippen LogP contribution in [0.1, 0.15) is 35.1 Å². The summed E-state index contributed by atoms with van der Waals surface area (Å²) in [6, 6.07) is 11.6. The molecule has 0 aliphatic carbocycles. The molecule has 1 amide bonds. The summed E-state index contributed by atoms with van der Waals surface area (Å²) in [5, 5.41) is 11.0. The van der Waals surface area contributed by atoms with Crippen molar-refractivity contribution in [3.8, 4) is 5.69 Å². The molecule has 140 valence electrons. The topological polar surface area (TPSA) is 92.6 Å². The maximum Gasteiger partial charge on any atom is 0.256 e. The van der Waals surface area contributed by atoms with Gasteiger partial charge in [0.1, 0.15) is 18.0 Å². The number of halogens is 1. The van der Waals surface area contributed by atoms with Crippen LogP contribution in [0.15, 0.2) is 48.8 Å². The molecule has 0 saturated carbocycles. The van der Waals surface area contributed by atoms with Gasteiger partial charge in [-0.3, -0.25) is 4.79 Å². The first-order valence-corrected chi connectivity index (χ1v) is 8.99. The molecule has 1 fully saturated rings. The van der Waals surface area contributed by atoms with Crippen molar-refractivity contribution in [1.82, 2.24) is 35.1 Å². The maximum atomic E-state index is 13.9. The molecule has 1 aliphatic rings. The number of nitrogens with zero attached hydrogens (tertiary/aromatic N) is 6. The van der Waals surface area contributed by atoms with E-state index in [1.807, 2.05) is 24.3 Å². The van der Waals surface area contributed by atoms with E-state index in [-0.39, 0.29) is 17.5 Å². The molecule has 1 aliphatic heterocycles. The Kier molecular flexibility index (Phi) is 3.85. The number of hydrogen-bond donors (Lipinski definition) is 1. The Morgan fingerprint density at radius 1 is 1.21 bits per heavy atom. The first-order chi connectivity index (χ1) is 13.7. The van der Waals surface area contributed by atoms with Crippen LogP contribution in [0.4, 0.5) is 4.39 Å². The summed E-state index contributed by atoms with van der Waals surface area (Å²) >= 11 is 0. The van der Waals surface area contributed by atoms with Crippen LogP contribution in [0.5, 0.6) is 0 Å². The largest absolute Gasteiger partial charge is 0.340 e. The molecular weight excluding hydrogens is 361 g/mol. The van der Waals surface area contributed by atoms with E-state index in [1.165, 1.54) is 29.2 Å². The van der Waals surface area contributed by atoms with Crippen molar-refractivity contribution >= 4 is 16.9 Å². The zero-order valence-corrected chi connectivity index (χ0v) is 14.8. The Balaban J connectivity index is 1.53. The predicted octanol–water partition coefficient (Wildman–Crippen LogP) is 2.66. The molecule has 0 spiro atoms. The highest BCUT2D eigenvalue weighted by molar-refractivity contribution is 5.98. The molecule has 9 heteroatoms. The number of tetrazole rings is 1. The minimum Gasteiger partial charge on any atom is -0.340 e. The fourth-order valence-corrected chi connectivity index (χ4v) is 3.73. The quantitative estimate of drug-likeness (QED) is 0.593. The van der Waals surface area contributed by atoms with Gasteiger partial charge in [-0.2, -0.15) is 4.68 Å². The molecule has 4 aromatic rings. The minimum atomic E-state index is -0.486. The van der Waals surface area contributed by atoms with Gasteiger partial charge in [-0.05, 0) is 53.6 Å². The lowest BCUT2D eigenvalue weighted by molar-refractivity contribution is 0.0730. The molecule has 0 unspecified atom stereocenters. The zero-order valence-electron chi connectivity index (χ0n) is 14.8. The van der Waals surface area contributed by atoms with E-state index in [0.717, 1.165) is 29.7 Å². The second-order valence-electron chi connectivity index (χ2n) is 6.71. The van der Waals surface area contributed by atoms with Gasteiger partial charge in [0.15, 0.2) is 0 Å². The highest BCUT2D eigenvalue weighted by Crippen LogP contribution is 2.33. The Morgan fingerprint density at radius 3 is 2.93 bits per heavy atom. The van der Waals surface area contributed by atoms with Crippen molar-refractivity contribution in [1.29, 1.82) is 0 Å². The number of amides is 1. The highest BCUT2D eigenvalue weighted by atomic mass is 19.1. The van der Waals surface area contributed by atoms with Gasteiger partial charge in [-0.1, -0.05) is 12.1 Å². The molecule has 1 atom stereocenters. The van der Waals surface area contributed by atoms with Crippen LogP contribution in [-0.4, -0.2) is 47.5 Å². The number of imidazole rings is 1. The molecule has 1 N–H and O–H groups in total. The van der Waals surface area contributed by atoms with Crippen molar-refractivity contribution in [3.05, 3.63) is 66.0 Å². The summed E-state index contributed by atoms with van der Waals surface area (Å²) < 4.78 is 15.3. The van der Waals surface area contributed by atoms with Crippen molar-refractivity contribution in [2.45, 2.75) is 18.9 Å². The van der Waals surface area contributed by atoms with Crippen molar-refractivity contribution in [2.24, 2.45) is 0 Å². The normalized spacial score (nSPS) is 16.8. The number of carbonyl (C=O) groups excluding carboxylic acids is 1. The Bertz CT molecular complexity index is 1120. The molecule has 28 heavy (non-hydrogen) atoms. The van der Waals surface area contributed by atoms with E-state index in [9.17, 15) is 9.18 Å². The average Bonchev–Trinajstić information content (AvgIpc) is 3.46. The number of benzene rings is 2. The second kappa shape index (κ2) is 6.52. The third-order valence-corrected chi connectivity index (χ3v) is 5.02. The highest BCUT2D eigenvalue weighted by Gasteiger charge is 2.34. The van der Waals surface area contributed by atoms with Crippen LogP contribution in [0, 0.1) is 5.82 Å². The van der Waals surface area contributed by atoms with Gasteiger partial charge in [0, 0.05) is 6.54 Å². The average molecular weight is 377 g/mol. The number of para-hydroxylation sites is 2. The summed E-state index contributed by atoms with van der Waals surface area (Å²) in [5.41, 5.74) is 2.44. The number of aromatic nitrogens is 6. The van der Waals surface area contributed by atoms with Gasteiger partial charge < -0.3 is 9.88 Å². The fourth-order valence-electron chi connectivity index (χ4n) is 3.73. The third-order valence-electron chi connectivity index (χ3n) is 5.02. The Morgan fingerprint density at radius 2 is 2.11 bits per heavy atom. The van der Waals surface area contributed by atoms with E-state index >= 15 is 0 Å². The number of carbonyl (C=O) groups is 1. The lowest BCUT2D eigenvalue weighted by Gasteiger charge is -2.24. The van der Waals surface area contributed by atoms with E-state index < -0.39 is 5.82 Å². The molecule has 2 aromatic carbocycles. The third kappa shape index (κ3) is 2.72.